The molecule has 0 heterocycles. The van der Waals surface area contributed by atoms with Gasteiger partial charge in [0.25, 0.3) is 0 Å². The summed E-state index contributed by atoms with van der Waals surface area (Å²) in [6.45, 7) is 7.85. The molecule has 0 aromatic carbocycles. The van der Waals surface area contributed by atoms with Crippen LogP contribution in [0.4, 0.5) is 0 Å². The van der Waals surface area contributed by atoms with E-state index in [1.165, 1.54) is 19.3 Å². The van der Waals surface area contributed by atoms with E-state index in [0.29, 0.717) is 11.5 Å². The van der Waals surface area contributed by atoms with E-state index in [1.54, 1.807) is 0 Å². The van der Waals surface area contributed by atoms with E-state index in [0.717, 1.165) is 13.0 Å². The van der Waals surface area contributed by atoms with Gasteiger partial charge in [-0.2, -0.15) is 5.26 Å². The van der Waals surface area contributed by atoms with E-state index >= 15 is 0 Å². The molecular formula is C13H24N2. The Morgan fingerprint density at radius 1 is 1.27 bits per heavy atom. The summed E-state index contributed by atoms with van der Waals surface area (Å²) in [6, 6.07) is 2.97. The van der Waals surface area contributed by atoms with E-state index in [-0.39, 0.29) is 5.92 Å². The fourth-order valence-corrected chi connectivity index (χ4v) is 2.65. The molecule has 2 heteroatoms. The first kappa shape index (κ1) is 12.5. The minimum atomic E-state index is 0.256. The first-order chi connectivity index (χ1) is 6.94. The van der Waals surface area contributed by atoms with Crippen molar-refractivity contribution in [3.05, 3.63) is 0 Å². The standard InChI is InChI=1S/C13H24N2/c1-13(2,3)10-15(4)12-8-6-5-7-11(12)9-14/h11-12H,5-8,10H2,1-4H3. The number of nitriles is 1. The second-order valence-corrected chi connectivity index (χ2v) is 6.06. The highest BCUT2D eigenvalue weighted by atomic mass is 15.1. The molecule has 0 aliphatic heterocycles. The topological polar surface area (TPSA) is 27.0 Å². The van der Waals surface area contributed by atoms with E-state index in [9.17, 15) is 0 Å². The van der Waals surface area contributed by atoms with Gasteiger partial charge in [0.2, 0.25) is 0 Å². The monoisotopic (exact) mass is 208 g/mol. The largest absolute Gasteiger partial charge is 0.302 e. The molecule has 15 heavy (non-hydrogen) atoms. The van der Waals surface area contributed by atoms with Gasteiger partial charge in [-0.25, -0.2) is 0 Å². The zero-order valence-corrected chi connectivity index (χ0v) is 10.6. The Morgan fingerprint density at radius 2 is 1.87 bits per heavy atom. The molecule has 1 aliphatic rings. The van der Waals surface area contributed by atoms with Crippen molar-refractivity contribution in [3.63, 3.8) is 0 Å². The Hall–Kier alpha value is -0.550. The van der Waals surface area contributed by atoms with Crippen LogP contribution in [-0.2, 0) is 0 Å². The number of hydrogen-bond acceptors (Lipinski definition) is 2. The molecule has 1 fully saturated rings. The zero-order valence-electron chi connectivity index (χ0n) is 10.6. The van der Waals surface area contributed by atoms with Crippen LogP contribution >= 0.6 is 0 Å². The van der Waals surface area contributed by atoms with Crippen molar-refractivity contribution >= 4 is 0 Å². The molecule has 0 amide bonds. The van der Waals surface area contributed by atoms with Crippen LogP contribution in [0.5, 0.6) is 0 Å². The van der Waals surface area contributed by atoms with Crippen LogP contribution in [0.15, 0.2) is 0 Å². The third-order valence-corrected chi connectivity index (χ3v) is 3.19. The van der Waals surface area contributed by atoms with Crippen molar-refractivity contribution in [1.29, 1.82) is 5.26 Å². The third kappa shape index (κ3) is 3.83. The molecule has 0 saturated heterocycles. The van der Waals surface area contributed by atoms with Gasteiger partial charge in [0.1, 0.15) is 0 Å². The van der Waals surface area contributed by atoms with Crippen LogP contribution in [0.25, 0.3) is 0 Å². The van der Waals surface area contributed by atoms with Crippen molar-refractivity contribution in [2.24, 2.45) is 11.3 Å². The quantitative estimate of drug-likeness (QED) is 0.697. The second-order valence-electron chi connectivity index (χ2n) is 6.06. The van der Waals surface area contributed by atoms with E-state index in [1.807, 2.05) is 0 Å². The SMILES string of the molecule is CN(CC(C)(C)C)C1CCCCC1C#N. The van der Waals surface area contributed by atoms with Crippen LogP contribution in [0.1, 0.15) is 46.5 Å². The first-order valence-corrected chi connectivity index (χ1v) is 6.04. The molecule has 0 N–H and O–H groups in total. The van der Waals surface area contributed by atoms with Gasteiger partial charge < -0.3 is 4.90 Å². The zero-order chi connectivity index (χ0) is 11.5. The molecule has 2 atom stereocenters. The molecule has 0 bridgehead atoms. The lowest BCUT2D eigenvalue weighted by Gasteiger charge is -2.38. The number of nitrogens with zero attached hydrogens (tertiary/aromatic N) is 2. The van der Waals surface area contributed by atoms with E-state index in [4.69, 9.17) is 5.26 Å². The Labute approximate surface area is 94.3 Å². The van der Waals surface area contributed by atoms with Crippen molar-refractivity contribution in [1.82, 2.24) is 4.90 Å². The molecule has 0 radical (unpaired) electrons. The lowest BCUT2D eigenvalue weighted by molar-refractivity contribution is 0.117. The number of rotatable bonds is 2. The summed E-state index contributed by atoms with van der Waals surface area (Å²) < 4.78 is 0. The van der Waals surface area contributed by atoms with Gasteiger partial charge in [-0.1, -0.05) is 33.6 Å². The van der Waals surface area contributed by atoms with Crippen molar-refractivity contribution in [2.45, 2.75) is 52.5 Å². The average molecular weight is 208 g/mol. The summed E-state index contributed by atoms with van der Waals surface area (Å²) in [5.74, 6) is 0.256. The molecule has 2 unspecified atom stereocenters. The summed E-state index contributed by atoms with van der Waals surface area (Å²) in [6.07, 6.45) is 4.82. The molecular weight excluding hydrogens is 184 g/mol. The summed E-state index contributed by atoms with van der Waals surface area (Å²) in [5, 5.41) is 9.13. The maximum atomic E-state index is 9.13. The van der Waals surface area contributed by atoms with Crippen molar-refractivity contribution in [2.75, 3.05) is 13.6 Å². The lowest BCUT2D eigenvalue weighted by atomic mass is 9.83. The maximum Gasteiger partial charge on any atom is 0.0672 e. The molecule has 2 nitrogen and oxygen atoms in total. The van der Waals surface area contributed by atoms with Gasteiger partial charge >= 0.3 is 0 Å². The highest BCUT2D eigenvalue weighted by Crippen LogP contribution is 2.29. The third-order valence-electron chi connectivity index (χ3n) is 3.19. The van der Waals surface area contributed by atoms with Crippen molar-refractivity contribution < 1.29 is 0 Å². The van der Waals surface area contributed by atoms with Crippen LogP contribution in [0, 0.1) is 22.7 Å². The summed E-state index contributed by atoms with van der Waals surface area (Å²) in [4.78, 5) is 2.40. The summed E-state index contributed by atoms with van der Waals surface area (Å²) in [5.41, 5.74) is 0.326. The Morgan fingerprint density at radius 3 is 2.40 bits per heavy atom. The Bertz CT molecular complexity index is 234. The minimum absolute atomic E-state index is 0.256. The molecule has 0 spiro atoms. The smallest absolute Gasteiger partial charge is 0.0672 e. The summed E-state index contributed by atoms with van der Waals surface area (Å²) >= 11 is 0. The van der Waals surface area contributed by atoms with Crippen LogP contribution < -0.4 is 0 Å². The summed E-state index contributed by atoms with van der Waals surface area (Å²) in [7, 11) is 2.17. The van der Waals surface area contributed by atoms with Crippen LogP contribution in [0.3, 0.4) is 0 Å². The molecule has 1 aliphatic carbocycles. The molecule has 1 saturated carbocycles. The van der Waals surface area contributed by atoms with Gasteiger partial charge in [0.05, 0.1) is 12.0 Å². The fourth-order valence-electron chi connectivity index (χ4n) is 2.65. The molecule has 86 valence electrons. The van der Waals surface area contributed by atoms with E-state index < -0.39 is 0 Å². The van der Waals surface area contributed by atoms with Crippen LogP contribution in [-0.4, -0.2) is 24.5 Å². The van der Waals surface area contributed by atoms with Gasteiger partial charge in [-0.3, -0.25) is 0 Å². The number of hydrogen-bond donors (Lipinski definition) is 0. The average Bonchev–Trinajstić information content (AvgIpc) is 2.15. The predicted molar refractivity (Wildman–Crippen MR) is 63.4 cm³/mol. The maximum absolute atomic E-state index is 9.13. The fraction of sp³-hybridized carbons (Fsp3) is 0.923. The lowest BCUT2D eigenvalue weighted by Crippen LogP contribution is -2.43. The van der Waals surface area contributed by atoms with Gasteiger partial charge in [0.15, 0.2) is 0 Å². The van der Waals surface area contributed by atoms with Crippen molar-refractivity contribution in [3.8, 4) is 6.07 Å². The van der Waals surface area contributed by atoms with Gasteiger partial charge in [0, 0.05) is 12.6 Å². The molecule has 0 aromatic heterocycles. The van der Waals surface area contributed by atoms with Crippen LogP contribution in [0.2, 0.25) is 0 Å². The highest BCUT2D eigenvalue weighted by molar-refractivity contribution is 4.95. The Balaban J connectivity index is 2.57. The van der Waals surface area contributed by atoms with Gasteiger partial charge in [-0.05, 0) is 25.3 Å². The first-order valence-electron chi connectivity index (χ1n) is 6.04. The minimum Gasteiger partial charge on any atom is -0.302 e. The Kier molecular flexibility index (Phi) is 4.16. The molecule has 1 rings (SSSR count). The highest BCUT2D eigenvalue weighted by Gasteiger charge is 2.29. The van der Waals surface area contributed by atoms with Gasteiger partial charge in [-0.15, -0.1) is 0 Å². The molecule has 0 aromatic rings. The van der Waals surface area contributed by atoms with E-state index in [2.05, 4.69) is 38.8 Å². The normalized spacial score (nSPS) is 27.7. The predicted octanol–water partition coefficient (Wildman–Crippen LogP) is 3.05. The second kappa shape index (κ2) is 4.99.